The highest BCUT2D eigenvalue weighted by atomic mass is 32.2. The molecule has 94 valence electrons. The molecule has 0 bridgehead atoms. The maximum Gasteiger partial charge on any atom is 0.271 e. The first-order chi connectivity index (χ1) is 7.21. The van der Waals surface area contributed by atoms with Crippen LogP contribution in [0.25, 0.3) is 0 Å². The maximum absolute atomic E-state index is 12.7. The highest BCUT2D eigenvalue weighted by molar-refractivity contribution is 7.91. The average Bonchev–Trinajstić information content (AvgIpc) is 2.14. The molecular formula is C10H17F2NO2S. The van der Waals surface area contributed by atoms with Crippen molar-refractivity contribution in [2.24, 2.45) is 4.40 Å². The third kappa shape index (κ3) is 4.35. The first-order valence-corrected chi connectivity index (χ1v) is 6.27. The highest BCUT2D eigenvalue weighted by Crippen LogP contribution is 2.27. The molecule has 0 aromatic carbocycles. The number of nitrogens with zero attached hydrogens (tertiary/aromatic N) is 1. The van der Waals surface area contributed by atoms with Gasteiger partial charge >= 0.3 is 0 Å². The van der Waals surface area contributed by atoms with Crippen LogP contribution in [0.5, 0.6) is 0 Å². The molecular weight excluding hydrogens is 236 g/mol. The smallest absolute Gasteiger partial charge is 0.271 e. The lowest BCUT2D eigenvalue weighted by molar-refractivity contribution is -0.126. The van der Waals surface area contributed by atoms with Gasteiger partial charge in [-0.3, -0.25) is 0 Å². The second-order valence-electron chi connectivity index (χ2n) is 4.86. The summed E-state index contributed by atoms with van der Waals surface area (Å²) in [7, 11) is 0. The zero-order valence-electron chi connectivity index (χ0n) is 9.70. The second-order valence-corrected chi connectivity index (χ2v) is 6.79. The quantitative estimate of drug-likeness (QED) is 0.560. The van der Waals surface area contributed by atoms with E-state index in [0.29, 0.717) is 0 Å². The van der Waals surface area contributed by atoms with E-state index < -0.39 is 34.7 Å². The molecule has 0 unspecified atom stereocenters. The van der Waals surface area contributed by atoms with Crippen LogP contribution in [0.2, 0.25) is 0 Å². The van der Waals surface area contributed by atoms with Crippen LogP contribution in [0.4, 0.5) is 8.78 Å². The van der Waals surface area contributed by atoms with Crippen molar-refractivity contribution in [3.63, 3.8) is 0 Å². The Balaban J connectivity index is 2.42. The third-order valence-electron chi connectivity index (χ3n) is 2.15. The summed E-state index contributed by atoms with van der Waals surface area (Å²) in [4.78, 5) is 0. The maximum atomic E-state index is 12.7. The summed E-state index contributed by atoms with van der Waals surface area (Å²) in [6.07, 6.45) is 0.964. The first-order valence-electron chi connectivity index (χ1n) is 5.16. The molecule has 0 aromatic rings. The summed E-state index contributed by atoms with van der Waals surface area (Å²) in [5.74, 6) is -2.73. The van der Waals surface area contributed by atoms with E-state index in [4.69, 9.17) is 4.74 Å². The predicted molar refractivity (Wildman–Crippen MR) is 60.3 cm³/mol. The van der Waals surface area contributed by atoms with E-state index in [2.05, 4.69) is 4.40 Å². The van der Waals surface area contributed by atoms with Crippen LogP contribution >= 0.6 is 0 Å². The molecule has 1 fully saturated rings. The van der Waals surface area contributed by atoms with Gasteiger partial charge in [-0.2, -0.15) is 0 Å². The fraction of sp³-hybridized carbons (Fsp3) is 0.900. The minimum atomic E-state index is -2.73. The molecule has 3 nitrogen and oxygen atoms in total. The molecule has 1 aliphatic heterocycles. The number of hydrogen-bond donors (Lipinski definition) is 0. The van der Waals surface area contributed by atoms with E-state index in [0.717, 1.165) is 0 Å². The van der Waals surface area contributed by atoms with Crippen LogP contribution in [0.3, 0.4) is 0 Å². The van der Waals surface area contributed by atoms with Crippen molar-refractivity contribution >= 4 is 17.6 Å². The SMILES string of the molecule is CC(C)(C)[S@@+]([O-])/N=C/[C@H]1CCC(F)(F)CO1. The molecule has 0 saturated carbocycles. The summed E-state index contributed by atoms with van der Waals surface area (Å²) >= 11 is -1.36. The molecule has 0 N–H and O–H groups in total. The zero-order chi connectivity index (χ0) is 12.4. The van der Waals surface area contributed by atoms with Gasteiger partial charge in [-0.05, 0) is 27.2 Å². The highest BCUT2D eigenvalue weighted by Gasteiger charge is 2.36. The van der Waals surface area contributed by atoms with Crippen molar-refractivity contribution in [3.8, 4) is 0 Å². The predicted octanol–water partition coefficient (Wildman–Crippen LogP) is 2.33. The van der Waals surface area contributed by atoms with E-state index in [9.17, 15) is 13.3 Å². The monoisotopic (exact) mass is 253 g/mol. The van der Waals surface area contributed by atoms with Gasteiger partial charge in [-0.1, -0.05) is 4.40 Å². The van der Waals surface area contributed by atoms with Crippen LogP contribution in [0.1, 0.15) is 33.6 Å². The van der Waals surface area contributed by atoms with Gasteiger partial charge in [0, 0.05) is 6.42 Å². The Morgan fingerprint density at radius 2 is 2.12 bits per heavy atom. The normalized spacial score (nSPS) is 28.2. The third-order valence-corrected chi connectivity index (χ3v) is 3.51. The molecule has 1 heterocycles. The fourth-order valence-corrected chi connectivity index (χ4v) is 1.70. The number of alkyl halides is 2. The Bertz CT molecular complexity index is 256. The van der Waals surface area contributed by atoms with Gasteiger partial charge in [0.1, 0.15) is 22.7 Å². The van der Waals surface area contributed by atoms with Crippen molar-refractivity contribution in [2.45, 2.75) is 50.4 Å². The van der Waals surface area contributed by atoms with E-state index in [1.54, 1.807) is 20.8 Å². The van der Waals surface area contributed by atoms with Gasteiger partial charge in [-0.15, -0.1) is 0 Å². The molecule has 6 heteroatoms. The summed E-state index contributed by atoms with van der Waals surface area (Å²) < 4.78 is 45.3. The summed E-state index contributed by atoms with van der Waals surface area (Å²) in [5.41, 5.74) is 0. The summed E-state index contributed by atoms with van der Waals surface area (Å²) in [6.45, 7) is 4.83. The number of ether oxygens (including phenoxy) is 1. The van der Waals surface area contributed by atoms with Crippen molar-refractivity contribution in [1.82, 2.24) is 0 Å². The van der Waals surface area contributed by atoms with Crippen molar-refractivity contribution in [3.05, 3.63) is 0 Å². The van der Waals surface area contributed by atoms with Crippen LogP contribution in [-0.4, -0.2) is 34.1 Å². The minimum Gasteiger partial charge on any atom is -0.591 e. The summed E-state index contributed by atoms with van der Waals surface area (Å²) in [6, 6.07) is 0. The van der Waals surface area contributed by atoms with Crippen LogP contribution in [0, 0.1) is 0 Å². The Morgan fingerprint density at radius 1 is 1.50 bits per heavy atom. The molecule has 0 radical (unpaired) electrons. The van der Waals surface area contributed by atoms with Gasteiger partial charge in [-0.25, -0.2) is 8.78 Å². The molecule has 0 aromatic heterocycles. The molecule has 1 aliphatic rings. The van der Waals surface area contributed by atoms with Gasteiger partial charge in [0.05, 0.1) is 12.3 Å². The molecule has 0 aliphatic carbocycles. The van der Waals surface area contributed by atoms with E-state index in [1.807, 2.05) is 0 Å². The van der Waals surface area contributed by atoms with E-state index in [1.165, 1.54) is 6.21 Å². The topological polar surface area (TPSA) is 44.7 Å². The van der Waals surface area contributed by atoms with Crippen LogP contribution in [0.15, 0.2) is 4.40 Å². The van der Waals surface area contributed by atoms with E-state index in [-0.39, 0.29) is 12.8 Å². The Labute approximate surface area is 97.6 Å². The Morgan fingerprint density at radius 3 is 2.56 bits per heavy atom. The minimum absolute atomic E-state index is 0.203. The fourth-order valence-electron chi connectivity index (χ4n) is 1.14. The largest absolute Gasteiger partial charge is 0.591 e. The molecule has 0 amide bonds. The van der Waals surface area contributed by atoms with Crippen LogP contribution < -0.4 is 0 Å². The number of hydrogen-bond acceptors (Lipinski definition) is 3. The molecule has 1 rings (SSSR count). The Kier molecular flexibility index (Phi) is 4.31. The second kappa shape index (κ2) is 4.98. The Hall–Kier alpha value is -0.200. The molecule has 2 atom stereocenters. The van der Waals surface area contributed by atoms with Crippen molar-refractivity contribution in [2.75, 3.05) is 6.61 Å². The summed E-state index contributed by atoms with van der Waals surface area (Å²) in [5, 5.41) is 0. The van der Waals surface area contributed by atoms with Crippen LogP contribution in [-0.2, 0) is 16.1 Å². The lowest BCUT2D eigenvalue weighted by Crippen LogP contribution is -2.35. The lowest BCUT2D eigenvalue weighted by atomic mass is 10.1. The molecule has 1 saturated heterocycles. The van der Waals surface area contributed by atoms with Crippen molar-refractivity contribution < 1.29 is 18.1 Å². The zero-order valence-corrected chi connectivity index (χ0v) is 10.5. The van der Waals surface area contributed by atoms with Gasteiger partial charge in [0.25, 0.3) is 5.92 Å². The standard InChI is InChI=1S/C10H17F2NO2S/c1-9(2,3)16(14)13-6-8-4-5-10(11,12)7-15-8/h6,8H,4-5,7H2,1-3H3/b13-6+/t8-,16-/m1/s1. The number of rotatable bonds is 2. The first kappa shape index (κ1) is 13.9. The van der Waals surface area contributed by atoms with Gasteiger partial charge < -0.3 is 9.29 Å². The van der Waals surface area contributed by atoms with E-state index >= 15 is 0 Å². The number of halogens is 2. The van der Waals surface area contributed by atoms with Crippen molar-refractivity contribution in [1.29, 1.82) is 0 Å². The van der Waals surface area contributed by atoms with Gasteiger partial charge in [0.15, 0.2) is 0 Å². The molecule has 16 heavy (non-hydrogen) atoms. The van der Waals surface area contributed by atoms with Gasteiger partial charge in [0.2, 0.25) is 0 Å². The lowest BCUT2D eigenvalue weighted by Gasteiger charge is -2.26. The molecule has 0 spiro atoms. The average molecular weight is 253 g/mol.